The number of hydrogen-bond acceptors (Lipinski definition) is 2. The molecule has 2 rings (SSSR count). The van der Waals surface area contributed by atoms with E-state index in [2.05, 4.69) is 4.98 Å². The Morgan fingerprint density at radius 1 is 1.48 bits per heavy atom. The summed E-state index contributed by atoms with van der Waals surface area (Å²) in [6.07, 6.45) is 0.625. The molecule has 0 aliphatic heterocycles. The maximum atomic E-state index is 13.6. The van der Waals surface area contributed by atoms with Crippen LogP contribution in [0.15, 0.2) is 12.1 Å². The third-order valence-electron chi connectivity index (χ3n) is 3.30. The average molecular weight is 332 g/mol. The molecule has 1 aromatic heterocycles. The molecule has 21 heavy (non-hydrogen) atoms. The van der Waals surface area contributed by atoms with Crippen molar-refractivity contribution < 1.29 is 9.18 Å². The number of rotatable bonds is 5. The van der Waals surface area contributed by atoms with Crippen molar-refractivity contribution in [3.8, 4) is 0 Å². The predicted octanol–water partition coefficient (Wildman–Crippen LogP) is 3.22. The third-order valence-corrected chi connectivity index (χ3v) is 3.77. The first-order chi connectivity index (χ1) is 9.76. The highest BCUT2D eigenvalue weighted by atomic mass is 35.5. The molecule has 1 aromatic carbocycles. The van der Waals surface area contributed by atoms with Gasteiger partial charge in [0.2, 0.25) is 5.91 Å². The zero-order chi connectivity index (χ0) is 15.8. The van der Waals surface area contributed by atoms with E-state index in [1.54, 1.807) is 0 Å². The molecule has 0 atom stereocenters. The van der Waals surface area contributed by atoms with Gasteiger partial charge in [-0.1, -0.05) is 11.6 Å². The lowest BCUT2D eigenvalue weighted by molar-refractivity contribution is -0.119. The highest BCUT2D eigenvalue weighted by Gasteiger charge is 2.28. The topological polar surface area (TPSA) is 60.9 Å². The highest BCUT2D eigenvalue weighted by molar-refractivity contribution is 6.31. The molecule has 0 spiro atoms. The van der Waals surface area contributed by atoms with Crippen LogP contribution in [0.1, 0.15) is 26.1 Å². The van der Waals surface area contributed by atoms with Gasteiger partial charge in [0.25, 0.3) is 0 Å². The molecule has 1 heterocycles. The summed E-state index contributed by atoms with van der Waals surface area (Å²) in [5.74, 6) is 0.0883. The molecule has 0 radical (unpaired) electrons. The van der Waals surface area contributed by atoms with Gasteiger partial charge in [0, 0.05) is 30.3 Å². The van der Waals surface area contributed by atoms with E-state index in [0.29, 0.717) is 29.2 Å². The van der Waals surface area contributed by atoms with Crippen LogP contribution >= 0.6 is 23.2 Å². The van der Waals surface area contributed by atoms with Crippen molar-refractivity contribution >= 4 is 40.1 Å². The smallest absolute Gasteiger partial charge is 0.219 e. The number of halogens is 3. The van der Waals surface area contributed by atoms with E-state index in [1.165, 1.54) is 12.1 Å². The molecule has 2 aromatic rings. The number of primary amides is 1. The summed E-state index contributed by atoms with van der Waals surface area (Å²) in [4.78, 5) is 15.7. The van der Waals surface area contributed by atoms with E-state index in [4.69, 9.17) is 28.9 Å². The second-order valence-electron chi connectivity index (χ2n) is 5.51. The van der Waals surface area contributed by atoms with Gasteiger partial charge in [0.1, 0.15) is 11.6 Å². The fourth-order valence-corrected chi connectivity index (χ4v) is 2.88. The number of carbonyl (C=O) groups is 1. The first kappa shape index (κ1) is 16.0. The molecule has 2 N–H and O–H groups in total. The van der Waals surface area contributed by atoms with Crippen LogP contribution in [0.4, 0.5) is 4.39 Å². The van der Waals surface area contributed by atoms with E-state index in [0.717, 1.165) is 0 Å². The Labute approximate surface area is 132 Å². The van der Waals surface area contributed by atoms with Crippen molar-refractivity contribution in [2.24, 2.45) is 5.73 Å². The fraction of sp³-hybridized carbons (Fsp3) is 0.429. The Balaban J connectivity index is 2.71. The van der Waals surface area contributed by atoms with Gasteiger partial charge in [-0.15, -0.1) is 11.6 Å². The zero-order valence-electron chi connectivity index (χ0n) is 11.8. The van der Waals surface area contributed by atoms with E-state index < -0.39 is 17.3 Å². The molecule has 114 valence electrons. The second kappa shape index (κ2) is 5.81. The molecule has 0 saturated carbocycles. The van der Waals surface area contributed by atoms with Crippen molar-refractivity contribution in [2.45, 2.75) is 32.2 Å². The number of amides is 1. The van der Waals surface area contributed by atoms with Crippen LogP contribution < -0.4 is 5.73 Å². The maximum absolute atomic E-state index is 13.6. The Morgan fingerprint density at radius 3 is 2.71 bits per heavy atom. The van der Waals surface area contributed by atoms with Crippen LogP contribution in [0.3, 0.4) is 0 Å². The summed E-state index contributed by atoms with van der Waals surface area (Å²) < 4.78 is 15.5. The number of nitrogens with two attached hydrogens (primary N) is 1. The Kier molecular flexibility index (Phi) is 4.44. The minimum absolute atomic E-state index is 0.0101. The summed E-state index contributed by atoms with van der Waals surface area (Å²) in [6.45, 7) is 3.74. The number of benzene rings is 1. The molecule has 7 heteroatoms. The van der Waals surface area contributed by atoms with Crippen LogP contribution in [-0.2, 0) is 16.8 Å². The number of aromatic nitrogens is 2. The largest absolute Gasteiger partial charge is 0.370 e. The van der Waals surface area contributed by atoms with Gasteiger partial charge in [-0.3, -0.25) is 4.79 Å². The molecule has 4 nitrogen and oxygen atoms in total. The summed E-state index contributed by atoms with van der Waals surface area (Å²) in [6, 6.07) is 2.80. The molecular weight excluding hydrogens is 316 g/mol. The van der Waals surface area contributed by atoms with Crippen LogP contribution in [0.25, 0.3) is 11.0 Å². The quantitative estimate of drug-likeness (QED) is 0.855. The second-order valence-corrected chi connectivity index (χ2v) is 6.30. The maximum Gasteiger partial charge on any atom is 0.219 e. The number of imidazole rings is 1. The predicted molar refractivity (Wildman–Crippen MR) is 82.3 cm³/mol. The van der Waals surface area contributed by atoms with Crippen LogP contribution in [0, 0.1) is 5.82 Å². The standard InChI is InChI=1S/C14H16Cl2FN3O/c1-14(2,7-12(18)21)20-11-5-8(16)9(17)6-10(11)19-13(20)3-4-15/h5-6H,3-4,7H2,1-2H3,(H2,18,21). The number of nitrogens with zero attached hydrogens (tertiary/aromatic N) is 2. The van der Waals surface area contributed by atoms with Gasteiger partial charge in [-0.05, 0) is 19.9 Å². The molecule has 0 bridgehead atoms. The number of alkyl halides is 1. The first-order valence-corrected chi connectivity index (χ1v) is 7.38. The van der Waals surface area contributed by atoms with Gasteiger partial charge in [0.05, 0.1) is 16.1 Å². The zero-order valence-corrected chi connectivity index (χ0v) is 13.3. The normalized spacial score (nSPS) is 12.0. The van der Waals surface area contributed by atoms with Gasteiger partial charge in [-0.25, -0.2) is 9.37 Å². The van der Waals surface area contributed by atoms with Crippen LogP contribution in [-0.4, -0.2) is 21.3 Å². The van der Waals surface area contributed by atoms with Gasteiger partial charge in [0.15, 0.2) is 0 Å². The van der Waals surface area contributed by atoms with E-state index in [-0.39, 0.29) is 11.4 Å². The van der Waals surface area contributed by atoms with Crippen LogP contribution in [0.2, 0.25) is 5.02 Å². The molecule has 0 aliphatic rings. The number of hydrogen-bond donors (Lipinski definition) is 1. The van der Waals surface area contributed by atoms with E-state index in [9.17, 15) is 9.18 Å². The number of fused-ring (bicyclic) bond motifs is 1. The Bertz CT molecular complexity index is 697. The Hall–Kier alpha value is -1.33. The molecule has 0 fully saturated rings. The average Bonchev–Trinajstić information content (AvgIpc) is 2.66. The van der Waals surface area contributed by atoms with Gasteiger partial charge >= 0.3 is 0 Å². The lowest BCUT2D eigenvalue weighted by Gasteiger charge is -2.28. The Morgan fingerprint density at radius 2 is 2.14 bits per heavy atom. The minimum Gasteiger partial charge on any atom is -0.370 e. The lowest BCUT2D eigenvalue weighted by Crippen LogP contribution is -2.33. The molecule has 1 amide bonds. The third kappa shape index (κ3) is 3.14. The molecule has 0 saturated heterocycles. The van der Waals surface area contributed by atoms with Gasteiger partial charge in [-0.2, -0.15) is 0 Å². The number of carbonyl (C=O) groups excluding carboxylic acids is 1. The summed E-state index contributed by atoms with van der Waals surface area (Å²) in [5, 5.41) is 0.0101. The van der Waals surface area contributed by atoms with Crippen molar-refractivity contribution in [3.63, 3.8) is 0 Å². The van der Waals surface area contributed by atoms with Crippen molar-refractivity contribution in [3.05, 3.63) is 28.8 Å². The first-order valence-electron chi connectivity index (χ1n) is 6.47. The SMILES string of the molecule is CC(C)(CC(N)=O)n1c(CCCl)nc2cc(F)c(Cl)cc21. The van der Waals surface area contributed by atoms with Crippen molar-refractivity contribution in [1.82, 2.24) is 9.55 Å². The summed E-state index contributed by atoms with van der Waals surface area (Å²) in [7, 11) is 0. The van der Waals surface area contributed by atoms with Gasteiger partial charge < -0.3 is 10.3 Å². The molecular formula is C14H16Cl2FN3O. The van der Waals surface area contributed by atoms with E-state index >= 15 is 0 Å². The summed E-state index contributed by atoms with van der Waals surface area (Å²) >= 11 is 11.7. The molecule has 0 unspecified atom stereocenters. The monoisotopic (exact) mass is 331 g/mol. The fourth-order valence-electron chi connectivity index (χ4n) is 2.56. The minimum atomic E-state index is -0.608. The highest BCUT2D eigenvalue weighted by Crippen LogP contribution is 2.31. The summed E-state index contributed by atoms with van der Waals surface area (Å²) in [5.41, 5.74) is 5.86. The van der Waals surface area contributed by atoms with Crippen LogP contribution in [0.5, 0.6) is 0 Å². The lowest BCUT2D eigenvalue weighted by atomic mass is 9.99. The molecule has 0 aliphatic carbocycles. The van der Waals surface area contributed by atoms with Crippen molar-refractivity contribution in [2.75, 3.05) is 5.88 Å². The van der Waals surface area contributed by atoms with E-state index in [1.807, 2.05) is 18.4 Å². The van der Waals surface area contributed by atoms with Crippen molar-refractivity contribution in [1.29, 1.82) is 0 Å². The number of aryl methyl sites for hydroxylation is 1.